The lowest BCUT2D eigenvalue weighted by Crippen LogP contribution is -2.30. The van der Waals surface area contributed by atoms with Crippen molar-refractivity contribution in [3.8, 4) is 11.3 Å². The summed E-state index contributed by atoms with van der Waals surface area (Å²) in [5, 5.41) is 2.85. The Morgan fingerprint density at radius 1 is 0.971 bits per heavy atom. The van der Waals surface area contributed by atoms with Crippen LogP contribution in [0.3, 0.4) is 0 Å². The van der Waals surface area contributed by atoms with Crippen molar-refractivity contribution in [3.05, 3.63) is 93.8 Å². The summed E-state index contributed by atoms with van der Waals surface area (Å²) in [6, 6.07) is 19.2. The molecule has 0 spiro atoms. The molecule has 1 unspecified atom stereocenters. The van der Waals surface area contributed by atoms with Gasteiger partial charge in [-0.15, -0.1) is 0 Å². The molecule has 6 heteroatoms. The van der Waals surface area contributed by atoms with Crippen molar-refractivity contribution < 1.29 is 9.59 Å². The fraction of sp³-hybridized carbons (Fsp3) is 0.214. The zero-order chi connectivity index (χ0) is 24.4. The molecule has 4 rings (SSSR count). The number of hydrogen-bond acceptors (Lipinski definition) is 4. The number of fused-ring (bicyclic) bond motifs is 1. The van der Waals surface area contributed by atoms with Crippen LogP contribution in [0.15, 0.2) is 71.5 Å². The number of carbonyl (C=O) groups excluding carboxylic acids is 2. The number of anilines is 1. The summed E-state index contributed by atoms with van der Waals surface area (Å²) in [4.78, 5) is 44.0. The summed E-state index contributed by atoms with van der Waals surface area (Å²) in [6.07, 6.45) is 0.311. The first-order valence-corrected chi connectivity index (χ1v) is 11.3. The summed E-state index contributed by atoms with van der Waals surface area (Å²) >= 11 is 0. The van der Waals surface area contributed by atoms with Crippen molar-refractivity contribution in [2.75, 3.05) is 5.32 Å². The summed E-state index contributed by atoms with van der Waals surface area (Å²) < 4.78 is 1.51. The second kappa shape index (κ2) is 9.43. The Morgan fingerprint density at radius 3 is 2.41 bits per heavy atom. The smallest absolute Gasteiger partial charge is 0.278 e. The molecule has 0 aliphatic carbocycles. The maximum Gasteiger partial charge on any atom is 0.278 e. The Hall–Kier alpha value is -4.06. The van der Waals surface area contributed by atoms with Gasteiger partial charge in [-0.2, -0.15) is 0 Å². The Bertz CT molecular complexity index is 1470. The maximum absolute atomic E-state index is 13.8. The average Bonchev–Trinajstić information content (AvgIpc) is 2.85. The molecule has 0 fully saturated rings. The van der Waals surface area contributed by atoms with Crippen LogP contribution in [0.5, 0.6) is 0 Å². The molecular weight excluding hydrogens is 426 g/mol. The van der Waals surface area contributed by atoms with E-state index >= 15 is 0 Å². The van der Waals surface area contributed by atoms with Crippen molar-refractivity contribution in [2.24, 2.45) is 0 Å². The predicted octanol–water partition coefficient (Wildman–Crippen LogP) is 5.47. The number of aryl methyl sites for hydroxylation is 2. The molecule has 6 nitrogen and oxygen atoms in total. The highest BCUT2D eigenvalue weighted by atomic mass is 16.2. The van der Waals surface area contributed by atoms with Gasteiger partial charge in [0.15, 0.2) is 5.78 Å². The van der Waals surface area contributed by atoms with Crippen molar-refractivity contribution in [1.29, 1.82) is 0 Å². The molecule has 4 aromatic rings. The topological polar surface area (TPSA) is 81.1 Å². The van der Waals surface area contributed by atoms with E-state index in [-0.39, 0.29) is 22.9 Å². The van der Waals surface area contributed by atoms with Crippen molar-refractivity contribution in [3.63, 3.8) is 0 Å². The molecule has 1 amide bonds. The zero-order valence-electron chi connectivity index (χ0n) is 19.8. The van der Waals surface area contributed by atoms with Gasteiger partial charge in [-0.1, -0.05) is 49.4 Å². The lowest BCUT2D eigenvalue weighted by Gasteiger charge is -2.19. The Labute approximate surface area is 198 Å². The van der Waals surface area contributed by atoms with Gasteiger partial charge in [0, 0.05) is 17.5 Å². The minimum Gasteiger partial charge on any atom is -0.325 e. The number of para-hydroxylation sites is 3. The maximum atomic E-state index is 13.8. The van der Waals surface area contributed by atoms with Gasteiger partial charge in [0.05, 0.1) is 22.8 Å². The summed E-state index contributed by atoms with van der Waals surface area (Å²) in [5.74, 6) is -0.313. The lowest BCUT2D eigenvalue weighted by atomic mass is 9.99. The van der Waals surface area contributed by atoms with Crippen LogP contribution in [0.4, 0.5) is 5.69 Å². The fourth-order valence-electron chi connectivity index (χ4n) is 4.00. The van der Waals surface area contributed by atoms with Gasteiger partial charge in [-0.25, -0.2) is 4.98 Å². The van der Waals surface area contributed by atoms with Crippen LogP contribution < -0.4 is 10.9 Å². The number of Topliss-reactive ketones (excluding diaryl/α,β-unsaturated/α-hetero) is 1. The number of aromatic nitrogens is 2. The van der Waals surface area contributed by atoms with Crippen LogP contribution in [0, 0.1) is 13.8 Å². The van der Waals surface area contributed by atoms with Crippen LogP contribution in [0.25, 0.3) is 22.3 Å². The molecule has 0 bridgehead atoms. The minimum atomic E-state index is -0.751. The van der Waals surface area contributed by atoms with E-state index in [0.717, 1.165) is 11.1 Å². The molecular formula is C28H27N3O3. The number of benzene rings is 3. The average molecular weight is 454 g/mol. The molecule has 3 aromatic carbocycles. The number of ketones is 1. The van der Waals surface area contributed by atoms with Gasteiger partial charge in [-0.3, -0.25) is 19.0 Å². The molecule has 34 heavy (non-hydrogen) atoms. The minimum absolute atomic E-state index is 0.153. The highest BCUT2D eigenvalue weighted by Crippen LogP contribution is 2.27. The highest BCUT2D eigenvalue weighted by molar-refractivity contribution is 6.00. The number of carbonyl (C=O) groups is 2. The van der Waals surface area contributed by atoms with Crippen LogP contribution in [0.2, 0.25) is 0 Å². The second-order valence-electron chi connectivity index (χ2n) is 8.41. The zero-order valence-corrected chi connectivity index (χ0v) is 19.8. The second-order valence-corrected chi connectivity index (χ2v) is 8.41. The summed E-state index contributed by atoms with van der Waals surface area (Å²) in [6.45, 7) is 7.46. The van der Waals surface area contributed by atoms with Gasteiger partial charge in [0.25, 0.3) is 5.56 Å². The molecule has 0 saturated heterocycles. The predicted molar refractivity (Wildman–Crippen MR) is 135 cm³/mol. The third kappa shape index (κ3) is 4.27. The van der Waals surface area contributed by atoms with Crippen LogP contribution in [-0.4, -0.2) is 21.2 Å². The molecule has 0 aliphatic rings. The fourth-order valence-corrected chi connectivity index (χ4v) is 4.00. The third-order valence-electron chi connectivity index (χ3n) is 6.13. The van der Waals surface area contributed by atoms with E-state index in [4.69, 9.17) is 0 Å². The largest absolute Gasteiger partial charge is 0.325 e. The van der Waals surface area contributed by atoms with E-state index < -0.39 is 6.04 Å². The lowest BCUT2D eigenvalue weighted by molar-refractivity contribution is -0.115. The molecule has 0 saturated carbocycles. The van der Waals surface area contributed by atoms with Gasteiger partial charge >= 0.3 is 0 Å². The molecule has 1 aromatic heterocycles. The first kappa shape index (κ1) is 23.1. The highest BCUT2D eigenvalue weighted by Gasteiger charge is 2.24. The molecule has 1 atom stereocenters. The monoisotopic (exact) mass is 453 g/mol. The first-order valence-electron chi connectivity index (χ1n) is 11.3. The van der Waals surface area contributed by atoms with E-state index in [1.807, 2.05) is 44.2 Å². The van der Waals surface area contributed by atoms with E-state index in [1.165, 1.54) is 4.57 Å². The molecule has 1 N–H and O–H groups in total. The van der Waals surface area contributed by atoms with Gasteiger partial charge in [0.1, 0.15) is 5.69 Å². The quantitative estimate of drug-likeness (QED) is 0.392. The van der Waals surface area contributed by atoms with Crippen LogP contribution in [-0.2, 0) is 4.79 Å². The van der Waals surface area contributed by atoms with Crippen molar-refractivity contribution in [1.82, 2.24) is 9.55 Å². The van der Waals surface area contributed by atoms with Crippen molar-refractivity contribution in [2.45, 2.75) is 40.2 Å². The van der Waals surface area contributed by atoms with Gasteiger partial charge in [0.2, 0.25) is 5.91 Å². The Morgan fingerprint density at radius 2 is 1.68 bits per heavy atom. The van der Waals surface area contributed by atoms with Gasteiger partial charge in [-0.05, 0) is 56.2 Å². The SMILES string of the molecule is CCC(=O)Nc1ccccc1-c1nc2ccccc2n(C(C)C(=O)c2ccc(C)c(C)c2)c1=O. The molecule has 1 heterocycles. The van der Waals surface area contributed by atoms with E-state index in [2.05, 4.69) is 10.3 Å². The molecule has 0 radical (unpaired) electrons. The van der Waals surface area contributed by atoms with Crippen molar-refractivity contribution >= 4 is 28.4 Å². The van der Waals surface area contributed by atoms with E-state index in [9.17, 15) is 14.4 Å². The first-order chi connectivity index (χ1) is 16.3. The number of rotatable bonds is 6. The molecule has 0 aliphatic heterocycles. The van der Waals surface area contributed by atoms with E-state index in [1.54, 1.807) is 50.2 Å². The Kier molecular flexibility index (Phi) is 6.41. The standard InChI is InChI=1S/C28H27N3O3/c1-5-25(32)29-22-11-7-6-10-21(22)26-28(34)31(24-13-9-8-12-23(24)30-26)19(4)27(33)20-15-14-17(2)18(3)16-20/h6-16,19H,5H2,1-4H3,(H,29,32). The third-order valence-corrected chi connectivity index (χ3v) is 6.13. The molecule has 172 valence electrons. The van der Waals surface area contributed by atoms with Gasteiger partial charge < -0.3 is 5.32 Å². The number of amides is 1. The summed E-state index contributed by atoms with van der Waals surface area (Å²) in [7, 11) is 0. The number of hydrogen-bond donors (Lipinski definition) is 1. The normalized spacial score (nSPS) is 11.9. The van der Waals surface area contributed by atoms with E-state index in [0.29, 0.717) is 34.3 Å². The van der Waals surface area contributed by atoms with Crippen LogP contribution in [0.1, 0.15) is 47.8 Å². The van der Waals surface area contributed by atoms with Crippen LogP contribution >= 0.6 is 0 Å². The Balaban J connectivity index is 1.92. The number of nitrogens with zero attached hydrogens (tertiary/aromatic N) is 2. The summed E-state index contributed by atoms with van der Waals surface area (Å²) in [5.41, 5.74) is 4.67. The number of nitrogens with one attached hydrogen (secondary N) is 1.